The lowest BCUT2D eigenvalue weighted by Gasteiger charge is -2.34. The highest BCUT2D eigenvalue weighted by molar-refractivity contribution is 7.91. The standard InChI is InChI=1S/C22H19NO6S2/c1-28-21(24)15-8-10-18(11-9-15)29-22(25)19-13-16-5-2-3-6-17(16)14-23(19)31(26,27)20-7-4-12-30-20/h2-12,19H,13-14H2,1H3. The van der Waals surface area contributed by atoms with Gasteiger partial charge < -0.3 is 9.47 Å². The predicted octanol–water partition coefficient (Wildman–Crippen LogP) is 3.26. The molecule has 0 saturated heterocycles. The molecule has 0 aliphatic carbocycles. The van der Waals surface area contributed by atoms with Crippen molar-refractivity contribution >= 4 is 33.3 Å². The molecule has 2 aromatic carbocycles. The molecule has 0 amide bonds. The van der Waals surface area contributed by atoms with E-state index < -0.39 is 28.0 Å². The van der Waals surface area contributed by atoms with Crippen molar-refractivity contribution in [1.82, 2.24) is 4.31 Å². The van der Waals surface area contributed by atoms with E-state index in [1.807, 2.05) is 24.3 Å². The third kappa shape index (κ3) is 4.25. The molecule has 0 bridgehead atoms. The summed E-state index contributed by atoms with van der Waals surface area (Å²) in [5.41, 5.74) is 2.08. The number of methoxy groups -OCH3 is 1. The third-order valence-electron chi connectivity index (χ3n) is 5.03. The van der Waals surface area contributed by atoms with Crippen molar-refractivity contribution in [1.29, 1.82) is 0 Å². The summed E-state index contributed by atoms with van der Waals surface area (Å²) in [6.07, 6.45) is 0.208. The monoisotopic (exact) mass is 457 g/mol. The van der Waals surface area contributed by atoms with Crippen LogP contribution in [0.5, 0.6) is 5.75 Å². The van der Waals surface area contributed by atoms with Gasteiger partial charge in [0.05, 0.1) is 12.7 Å². The Morgan fingerprint density at radius 2 is 1.71 bits per heavy atom. The van der Waals surface area contributed by atoms with Gasteiger partial charge in [0.2, 0.25) is 0 Å². The second-order valence-corrected chi connectivity index (χ2v) is 9.97. The van der Waals surface area contributed by atoms with Crippen LogP contribution in [0.1, 0.15) is 21.5 Å². The maximum atomic E-state index is 13.3. The van der Waals surface area contributed by atoms with Crippen molar-refractivity contribution in [2.45, 2.75) is 23.2 Å². The Morgan fingerprint density at radius 1 is 1.00 bits per heavy atom. The van der Waals surface area contributed by atoms with E-state index in [1.54, 1.807) is 11.4 Å². The average molecular weight is 458 g/mol. The van der Waals surface area contributed by atoms with E-state index in [0.717, 1.165) is 22.5 Å². The molecule has 0 spiro atoms. The highest BCUT2D eigenvalue weighted by Gasteiger charge is 2.41. The first-order chi connectivity index (χ1) is 14.9. The van der Waals surface area contributed by atoms with Crippen LogP contribution in [0, 0.1) is 0 Å². The maximum absolute atomic E-state index is 13.3. The van der Waals surface area contributed by atoms with Gasteiger partial charge in [-0.05, 0) is 46.8 Å². The first-order valence-corrected chi connectivity index (χ1v) is 11.7. The molecule has 9 heteroatoms. The summed E-state index contributed by atoms with van der Waals surface area (Å²) in [7, 11) is -2.60. The Balaban J connectivity index is 1.63. The number of ether oxygens (including phenoxy) is 2. The number of nitrogens with zero attached hydrogens (tertiary/aromatic N) is 1. The number of benzene rings is 2. The van der Waals surface area contributed by atoms with Crippen molar-refractivity contribution in [3.63, 3.8) is 0 Å². The maximum Gasteiger partial charge on any atom is 0.337 e. The van der Waals surface area contributed by atoms with Crippen molar-refractivity contribution in [2.24, 2.45) is 0 Å². The number of hydrogen-bond donors (Lipinski definition) is 0. The zero-order valence-electron chi connectivity index (χ0n) is 16.6. The van der Waals surface area contributed by atoms with E-state index in [9.17, 15) is 18.0 Å². The van der Waals surface area contributed by atoms with Gasteiger partial charge in [-0.1, -0.05) is 30.3 Å². The van der Waals surface area contributed by atoms with E-state index in [-0.39, 0.29) is 22.9 Å². The number of carbonyl (C=O) groups is 2. The smallest absolute Gasteiger partial charge is 0.337 e. The molecule has 7 nitrogen and oxygen atoms in total. The Morgan fingerprint density at radius 3 is 2.35 bits per heavy atom. The molecule has 0 fully saturated rings. The fourth-order valence-electron chi connectivity index (χ4n) is 3.44. The van der Waals surface area contributed by atoms with Crippen molar-refractivity contribution in [3.05, 3.63) is 82.7 Å². The fourth-order valence-corrected chi connectivity index (χ4v) is 6.11. The van der Waals surface area contributed by atoms with Gasteiger partial charge in [-0.25, -0.2) is 18.0 Å². The largest absolute Gasteiger partial charge is 0.465 e. The summed E-state index contributed by atoms with van der Waals surface area (Å²) in [6.45, 7) is 0.0808. The van der Waals surface area contributed by atoms with E-state index >= 15 is 0 Å². The molecule has 1 unspecified atom stereocenters. The highest BCUT2D eigenvalue weighted by atomic mass is 32.2. The van der Waals surface area contributed by atoms with Crippen LogP contribution in [-0.4, -0.2) is 37.8 Å². The molecule has 0 N–H and O–H groups in total. The molecule has 1 aliphatic rings. The SMILES string of the molecule is COC(=O)c1ccc(OC(=O)C2Cc3ccccc3CN2S(=O)(=O)c2cccs2)cc1. The van der Waals surface area contributed by atoms with Crippen LogP contribution in [0.2, 0.25) is 0 Å². The first kappa shape index (κ1) is 21.2. The molecule has 1 aromatic heterocycles. The molecule has 160 valence electrons. The predicted molar refractivity (Wildman–Crippen MR) is 114 cm³/mol. The Bertz CT molecular complexity index is 1200. The Labute approximate surface area is 183 Å². The lowest BCUT2D eigenvalue weighted by molar-refractivity contribution is -0.139. The number of thiophene rings is 1. The van der Waals surface area contributed by atoms with Crippen LogP contribution in [0.4, 0.5) is 0 Å². The van der Waals surface area contributed by atoms with E-state index in [2.05, 4.69) is 4.74 Å². The molecule has 2 heterocycles. The van der Waals surface area contributed by atoms with Crippen LogP contribution >= 0.6 is 11.3 Å². The summed E-state index contributed by atoms with van der Waals surface area (Å²) < 4.78 is 38.0. The first-order valence-electron chi connectivity index (χ1n) is 9.42. The number of carbonyl (C=O) groups excluding carboxylic acids is 2. The molecular formula is C22H19NO6S2. The van der Waals surface area contributed by atoms with Crippen LogP contribution in [0.25, 0.3) is 0 Å². The normalized spacial score (nSPS) is 16.4. The number of sulfonamides is 1. The zero-order valence-corrected chi connectivity index (χ0v) is 18.2. The molecule has 31 heavy (non-hydrogen) atoms. The summed E-state index contributed by atoms with van der Waals surface area (Å²) in [6, 6.07) is 15.5. The lowest BCUT2D eigenvalue weighted by Crippen LogP contribution is -2.49. The van der Waals surface area contributed by atoms with E-state index in [1.165, 1.54) is 41.7 Å². The van der Waals surface area contributed by atoms with Crippen LogP contribution in [-0.2, 0) is 32.5 Å². The van der Waals surface area contributed by atoms with Crippen LogP contribution < -0.4 is 4.74 Å². The Hall–Kier alpha value is -3.01. The van der Waals surface area contributed by atoms with Gasteiger partial charge in [0.15, 0.2) is 0 Å². The van der Waals surface area contributed by atoms with Gasteiger partial charge in [0.25, 0.3) is 10.0 Å². The molecule has 0 saturated carbocycles. The number of esters is 2. The summed E-state index contributed by atoms with van der Waals surface area (Å²) in [5, 5.41) is 1.68. The molecule has 1 atom stereocenters. The molecule has 4 rings (SSSR count). The van der Waals surface area contributed by atoms with Crippen LogP contribution in [0.15, 0.2) is 70.3 Å². The third-order valence-corrected chi connectivity index (χ3v) is 8.26. The molecule has 0 radical (unpaired) electrons. The number of hydrogen-bond acceptors (Lipinski definition) is 7. The minimum Gasteiger partial charge on any atom is -0.465 e. The van der Waals surface area contributed by atoms with Gasteiger partial charge >= 0.3 is 11.9 Å². The van der Waals surface area contributed by atoms with E-state index in [4.69, 9.17) is 4.74 Å². The Kier molecular flexibility index (Phi) is 5.90. The van der Waals surface area contributed by atoms with Gasteiger partial charge in [-0.2, -0.15) is 4.31 Å². The summed E-state index contributed by atoms with van der Waals surface area (Å²) >= 11 is 1.10. The van der Waals surface area contributed by atoms with Gasteiger partial charge in [0.1, 0.15) is 16.0 Å². The van der Waals surface area contributed by atoms with Crippen molar-refractivity contribution in [2.75, 3.05) is 7.11 Å². The molecule has 1 aliphatic heterocycles. The quantitative estimate of drug-likeness (QED) is 0.432. The van der Waals surface area contributed by atoms with E-state index in [0.29, 0.717) is 5.56 Å². The van der Waals surface area contributed by atoms with Crippen molar-refractivity contribution < 1.29 is 27.5 Å². The number of fused-ring (bicyclic) bond motifs is 1. The van der Waals surface area contributed by atoms with Crippen LogP contribution in [0.3, 0.4) is 0 Å². The summed E-state index contributed by atoms with van der Waals surface area (Å²) in [5.74, 6) is -0.972. The average Bonchev–Trinajstić information content (AvgIpc) is 3.34. The lowest BCUT2D eigenvalue weighted by atomic mass is 9.96. The second-order valence-electron chi connectivity index (χ2n) is 6.91. The molecule has 3 aromatic rings. The fraction of sp³-hybridized carbons (Fsp3) is 0.182. The minimum atomic E-state index is -3.88. The van der Waals surface area contributed by atoms with Gasteiger partial charge in [0, 0.05) is 13.0 Å². The highest BCUT2D eigenvalue weighted by Crippen LogP contribution is 2.31. The van der Waals surface area contributed by atoms with Crippen molar-refractivity contribution in [3.8, 4) is 5.75 Å². The topological polar surface area (TPSA) is 90.0 Å². The summed E-state index contributed by atoms with van der Waals surface area (Å²) in [4.78, 5) is 24.6. The van der Waals surface area contributed by atoms with Gasteiger partial charge in [-0.15, -0.1) is 11.3 Å². The minimum absolute atomic E-state index is 0.0808. The van der Waals surface area contributed by atoms with Gasteiger partial charge in [-0.3, -0.25) is 0 Å². The number of rotatable bonds is 5. The zero-order chi connectivity index (χ0) is 22.0. The second kappa shape index (κ2) is 8.62. The molecular weight excluding hydrogens is 438 g/mol.